The topological polar surface area (TPSA) is 18.5 Å². The molecule has 2 aromatic carbocycles. The Morgan fingerprint density at radius 3 is 2.52 bits per heavy atom. The van der Waals surface area contributed by atoms with Crippen molar-refractivity contribution in [2.24, 2.45) is 0 Å². The highest BCUT2D eigenvalue weighted by Gasteiger charge is 2.01. The minimum Gasteiger partial charge on any atom is -0.497 e. The smallest absolute Gasteiger partial charge is 0.135 e. The SMILES string of the molecule is COc1ccc(COc2ccccc2C#CCCCl)cc1. The van der Waals surface area contributed by atoms with E-state index in [0.717, 1.165) is 22.6 Å². The quantitative estimate of drug-likeness (QED) is 0.607. The van der Waals surface area contributed by atoms with E-state index in [1.807, 2.05) is 48.5 Å². The fraction of sp³-hybridized carbons (Fsp3) is 0.222. The van der Waals surface area contributed by atoms with Crippen LogP contribution >= 0.6 is 11.6 Å². The second-order valence-electron chi connectivity index (χ2n) is 4.37. The number of para-hydroxylation sites is 1. The number of methoxy groups -OCH3 is 1. The van der Waals surface area contributed by atoms with Crippen molar-refractivity contribution in [2.45, 2.75) is 13.0 Å². The van der Waals surface area contributed by atoms with Gasteiger partial charge in [0.25, 0.3) is 0 Å². The average Bonchev–Trinajstić information content (AvgIpc) is 2.54. The van der Waals surface area contributed by atoms with Gasteiger partial charge in [0.05, 0.1) is 12.7 Å². The molecule has 0 atom stereocenters. The first-order chi connectivity index (χ1) is 10.3. The lowest BCUT2D eigenvalue weighted by Crippen LogP contribution is -1.97. The molecule has 2 nitrogen and oxygen atoms in total. The van der Waals surface area contributed by atoms with Gasteiger partial charge in [0.2, 0.25) is 0 Å². The van der Waals surface area contributed by atoms with E-state index in [4.69, 9.17) is 21.1 Å². The van der Waals surface area contributed by atoms with Crippen LogP contribution in [0.15, 0.2) is 48.5 Å². The van der Waals surface area contributed by atoms with Crippen molar-refractivity contribution in [1.29, 1.82) is 0 Å². The molecule has 2 aromatic rings. The molecule has 0 unspecified atom stereocenters. The average molecular weight is 301 g/mol. The predicted molar refractivity (Wildman–Crippen MR) is 86.0 cm³/mol. The molecule has 0 saturated heterocycles. The molecule has 3 heteroatoms. The van der Waals surface area contributed by atoms with Crippen molar-refractivity contribution in [3.63, 3.8) is 0 Å². The summed E-state index contributed by atoms with van der Waals surface area (Å²) in [7, 11) is 1.65. The van der Waals surface area contributed by atoms with E-state index in [1.165, 1.54) is 0 Å². The second kappa shape index (κ2) is 8.24. The van der Waals surface area contributed by atoms with Crippen LogP contribution in [-0.2, 0) is 6.61 Å². The van der Waals surface area contributed by atoms with Gasteiger partial charge in [-0.15, -0.1) is 11.6 Å². The molecule has 0 spiro atoms. The number of alkyl halides is 1. The Kier molecular flexibility index (Phi) is 5.99. The molecule has 0 aliphatic rings. The van der Waals surface area contributed by atoms with Crippen molar-refractivity contribution >= 4 is 11.6 Å². The maximum atomic E-state index is 5.85. The van der Waals surface area contributed by atoms with Gasteiger partial charge in [0, 0.05) is 12.3 Å². The van der Waals surface area contributed by atoms with E-state index in [1.54, 1.807) is 7.11 Å². The number of benzene rings is 2. The van der Waals surface area contributed by atoms with Gasteiger partial charge in [-0.25, -0.2) is 0 Å². The van der Waals surface area contributed by atoms with Crippen molar-refractivity contribution in [1.82, 2.24) is 0 Å². The summed E-state index contributed by atoms with van der Waals surface area (Å²) in [5.41, 5.74) is 1.97. The maximum Gasteiger partial charge on any atom is 0.135 e. The number of ether oxygens (including phenoxy) is 2. The fourth-order valence-electron chi connectivity index (χ4n) is 1.78. The first-order valence-corrected chi connectivity index (χ1v) is 7.26. The zero-order chi connectivity index (χ0) is 14.9. The predicted octanol–water partition coefficient (Wildman–Crippen LogP) is 4.25. The number of halogens is 1. The standard InChI is InChI=1S/C18H17ClO2/c1-20-17-11-9-15(10-12-17)14-21-18-8-3-2-6-16(18)7-4-5-13-19/h2-3,6,8-12H,5,13-14H2,1H3. The normalized spacial score (nSPS) is 9.62. The number of hydrogen-bond donors (Lipinski definition) is 0. The highest BCUT2D eigenvalue weighted by Crippen LogP contribution is 2.19. The van der Waals surface area contributed by atoms with Crippen LogP contribution in [0.3, 0.4) is 0 Å². The first kappa shape index (κ1) is 15.3. The molecule has 0 amide bonds. The Labute approximate surface area is 130 Å². The monoisotopic (exact) mass is 300 g/mol. The van der Waals surface area contributed by atoms with Crippen LogP contribution in [0.25, 0.3) is 0 Å². The van der Waals surface area contributed by atoms with Crippen LogP contribution in [0, 0.1) is 11.8 Å². The van der Waals surface area contributed by atoms with Crippen LogP contribution in [-0.4, -0.2) is 13.0 Å². The summed E-state index contributed by atoms with van der Waals surface area (Å²) in [5, 5.41) is 0. The van der Waals surface area contributed by atoms with Crippen LogP contribution in [0.4, 0.5) is 0 Å². The van der Waals surface area contributed by atoms with Crippen LogP contribution in [0.2, 0.25) is 0 Å². The Bertz CT molecular complexity index is 624. The molecule has 0 aliphatic heterocycles. The van der Waals surface area contributed by atoms with Crippen molar-refractivity contribution < 1.29 is 9.47 Å². The Morgan fingerprint density at radius 2 is 1.81 bits per heavy atom. The third kappa shape index (κ3) is 4.73. The van der Waals surface area contributed by atoms with Gasteiger partial charge in [-0.3, -0.25) is 0 Å². The summed E-state index contributed by atoms with van der Waals surface area (Å²) in [5.74, 6) is 8.29. The summed E-state index contributed by atoms with van der Waals surface area (Å²) in [4.78, 5) is 0. The van der Waals surface area contributed by atoms with E-state index in [2.05, 4.69) is 11.8 Å². The lowest BCUT2D eigenvalue weighted by molar-refractivity contribution is 0.305. The van der Waals surface area contributed by atoms with Gasteiger partial charge < -0.3 is 9.47 Å². The number of rotatable bonds is 5. The van der Waals surface area contributed by atoms with Gasteiger partial charge in [0.15, 0.2) is 0 Å². The van der Waals surface area contributed by atoms with Crippen LogP contribution in [0.1, 0.15) is 17.5 Å². The number of hydrogen-bond acceptors (Lipinski definition) is 2. The minimum atomic E-state index is 0.498. The van der Waals surface area contributed by atoms with E-state index >= 15 is 0 Å². The molecule has 0 saturated carbocycles. The largest absolute Gasteiger partial charge is 0.497 e. The van der Waals surface area contributed by atoms with E-state index < -0.39 is 0 Å². The molecule has 108 valence electrons. The molecule has 0 N–H and O–H groups in total. The Balaban J connectivity index is 2.04. The van der Waals surface area contributed by atoms with Gasteiger partial charge in [-0.2, -0.15) is 0 Å². The Morgan fingerprint density at radius 1 is 1.05 bits per heavy atom. The van der Waals surface area contributed by atoms with E-state index in [9.17, 15) is 0 Å². The second-order valence-corrected chi connectivity index (χ2v) is 4.75. The van der Waals surface area contributed by atoms with E-state index in [-0.39, 0.29) is 0 Å². The molecule has 0 radical (unpaired) electrons. The fourth-order valence-corrected chi connectivity index (χ4v) is 1.88. The maximum absolute atomic E-state index is 5.85. The van der Waals surface area contributed by atoms with Gasteiger partial charge in [0.1, 0.15) is 18.1 Å². The van der Waals surface area contributed by atoms with Gasteiger partial charge in [-0.05, 0) is 29.8 Å². The molecule has 0 heterocycles. The van der Waals surface area contributed by atoms with Crippen LogP contribution in [0.5, 0.6) is 11.5 Å². The third-order valence-electron chi connectivity index (χ3n) is 2.88. The van der Waals surface area contributed by atoms with E-state index in [0.29, 0.717) is 18.9 Å². The molecule has 2 rings (SSSR count). The van der Waals surface area contributed by atoms with Crippen molar-refractivity contribution in [3.8, 4) is 23.3 Å². The summed E-state index contributed by atoms with van der Waals surface area (Å²) in [6.07, 6.45) is 0.675. The molecule has 21 heavy (non-hydrogen) atoms. The summed E-state index contributed by atoms with van der Waals surface area (Å²) >= 11 is 5.63. The lowest BCUT2D eigenvalue weighted by Gasteiger charge is -2.08. The van der Waals surface area contributed by atoms with Crippen molar-refractivity contribution in [3.05, 3.63) is 59.7 Å². The van der Waals surface area contributed by atoms with Crippen LogP contribution < -0.4 is 9.47 Å². The highest BCUT2D eigenvalue weighted by molar-refractivity contribution is 6.18. The molecule has 0 bridgehead atoms. The summed E-state index contributed by atoms with van der Waals surface area (Å²) in [6, 6.07) is 15.6. The van der Waals surface area contributed by atoms with Crippen molar-refractivity contribution in [2.75, 3.05) is 13.0 Å². The molecule has 0 aliphatic carbocycles. The van der Waals surface area contributed by atoms with Gasteiger partial charge >= 0.3 is 0 Å². The first-order valence-electron chi connectivity index (χ1n) is 6.73. The summed E-state index contributed by atoms with van der Waals surface area (Å²) < 4.78 is 11.0. The lowest BCUT2D eigenvalue weighted by atomic mass is 10.2. The summed E-state index contributed by atoms with van der Waals surface area (Å²) in [6.45, 7) is 0.498. The minimum absolute atomic E-state index is 0.498. The molecule has 0 aromatic heterocycles. The molecule has 0 fully saturated rings. The third-order valence-corrected chi connectivity index (χ3v) is 3.07. The zero-order valence-corrected chi connectivity index (χ0v) is 12.7. The van der Waals surface area contributed by atoms with Gasteiger partial charge in [-0.1, -0.05) is 36.1 Å². The Hall–Kier alpha value is -2.11. The zero-order valence-electron chi connectivity index (χ0n) is 11.9. The highest BCUT2D eigenvalue weighted by atomic mass is 35.5. The molecular formula is C18H17ClO2. The molecular weight excluding hydrogens is 284 g/mol.